The summed E-state index contributed by atoms with van der Waals surface area (Å²) in [5.41, 5.74) is 1.32. The second kappa shape index (κ2) is 5.37. The molecule has 1 fully saturated rings. The Balaban J connectivity index is 2.19. The summed E-state index contributed by atoms with van der Waals surface area (Å²) in [4.78, 5) is 1.99. The molecule has 0 atom stereocenters. The minimum Gasteiger partial charge on any atom is -0.368 e. The third kappa shape index (κ3) is 3.18. The van der Waals surface area contributed by atoms with Crippen molar-refractivity contribution in [2.45, 2.75) is 0 Å². The van der Waals surface area contributed by atoms with Crippen molar-refractivity contribution in [3.63, 3.8) is 0 Å². The Hall–Kier alpha value is -1.29. The van der Waals surface area contributed by atoms with Crippen molar-refractivity contribution in [2.75, 3.05) is 37.3 Å². The van der Waals surface area contributed by atoms with Gasteiger partial charge < -0.3 is 4.90 Å². The van der Waals surface area contributed by atoms with Crippen molar-refractivity contribution in [3.8, 4) is 6.07 Å². The fraction of sp³-hybridized carbons (Fsp3) is 0.417. The maximum atomic E-state index is 11.4. The number of nitriles is 1. The summed E-state index contributed by atoms with van der Waals surface area (Å²) >= 11 is 5.95. The lowest BCUT2D eigenvalue weighted by molar-refractivity contribution is 0.388. The number of rotatable bonds is 2. The minimum atomic E-state index is -3.14. The van der Waals surface area contributed by atoms with E-state index in [0.29, 0.717) is 36.8 Å². The van der Waals surface area contributed by atoms with Gasteiger partial charge in [-0.1, -0.05) is 11.6 Å². The summed E-state index contributed by atoms with van der Waals surface area (Å²) in [6, 6.07) is 7.23. The summed E-state index contributed by atoms with van der Waals surface area (Å²) in [5, 5.41) is 9.66. The van der Waals surface area contributed by atoms with Crippen LogP contribution in [-0.4, -0.2) is 45.2 Å². The Morgan fingerprint density at radius 1 is 1.26 bits per heavy atom. The van der Waals surface area contributed by atoms with Crippen LogP contribution in [0, 0.1) is 11.3 Å². The number of nitrogens with zero attached hydrogens (tertiary/aromatic N) is 3. The number of piperazine rings is 1. The van der Waals surface area contributed by atoms with Gasteiger partial charge in [-0.05, 0) is 18.2 Å². The lowest BCUT2D eigenvalue weighted by Gasteiger charge is -2.35. The Bertz CT molecular complexity index is 616. The molecular formula is C12H14ClN3O2S. The molecule has 2 rings (SSSR count). The van der Waals surface area contributed by atoms with Crippen molar-refractivity contribution in [1.29, 1.82) is 5.26 Å². The monoisotopic (exact) mass is 299 g/mol. The van der Waals surface area contributed by atoms with Gasteiger partial charge in [-0.25, -0.2) is 8.42 Å². The topological polar surface area (TPSA) is 64.4 Å². The first-order valence-corrected chi connectivity index (χ1v) is 8.04. The second-order valence-electron chi connectivity index (χ2n) is 4.42. The number of anilines is 1. The summed E-state index contributed by atoms with van der Waals surface area (Å²) in [7, 11) is -3.14. The third-order valence-corrected chi connectivity index (χ3v) is 4.67. The lowest BCUT2D eigenvalue weighted by Crippen LogP contribution is -2.48. The van der Waals surface area contributed by atoms with Gasteiger partial charge in [-0.3, -0.25) is 0 Å². The van der Waals surface area contributed by atoms with Crippen molar-refractivity contribution in [3.05, 3.63) is 28.8 Å². The van der Waals surface area contributed by atoms with Crippen molar-refractivity contribution in [1.82, 2.24) is 4.31 Å². The molecule has 0 aliphatic carbocycles. The average molecular weight is 300 g/mol. The zero-order valence-electron chi connectivity index (χ0n) is 10.5. The van der Waals surface area contributed by atoms with Crippen LogP contribution in [0.5, 0.6) is 0 Å². The first-order chi connectivity index (χ1) is 8.91. The fourth-order valence-corrected chi connectivity index (χ4v) is 3.11. The largest absolute Gasteiger partial charge is 0.368 e. The summed E-state index contributed by atoms with van der Waals surface area (Å²) in [6.45, 7) is 1.97. The SMILES string of the molecule is CS(=O)(=O)N1CCN(c2cc(Cl)ccc2C#N)CC1. The van der Waals surface area contributed by atoms with E-state index >= 15 is 0 Å². The zero-order chi connectivity index (χ0) is 14.0. The Morgan fingerprint density at radius 3 is 2.42 bits per heavy atom. The summed E-state index contributed by atoms with van der Waals surface area (Å²) in [6.07, 6.45) is 1.21. The molecule has 0 spiro atoms. The van der Waals surface area contributed by atoms with Crippen LogP contribution in [0.25, 0.3) is 0 Å². The molecule has 19 heavy (non-hydrogen) atoms. The van der Waals surface area contributed by atoms with E-state index in [-0.39, 0.29) is 0 Å². The van der Waals surface area contributed by atoms with Gasteiger partial charge >= 0.3 is 0 Å². The molecule has 0 N–H and O–H groups in total. The highest BCUT2D eigenvalue weighted by molar-refractivity contribution is 7.88. The van der Waals surface area contributed by atoms with Gasteiger partial charge in [0, 0.05) is 31.2 Å². The van der Waals surface area contributed by atoms with Gasteiger partial charge in [-0.15, -0.1) is 0 Å². The molecule has 0 saturated carbocycles. The van der Waals surface area contributed by atoms with Crippen LogP contribution < -0.4 is 4.90 Å². The van der Waals surface area contributed by atoms with Crippen LogP contribution in [0.2, 0.25) is 5.02 Å². The molecule has 0 radical (unpaired) electrons. The normalized spacial score (nSPS) is 17.2. The number of hydrogen-bond acceptors (Lipinski definition) is 4. The van der Waals surface area contributed by atoms with E-state index in [9.17, 15) is 8.42 Å². The van der Waals surface area contributed by atoms with E-state index < -0.39 is 10.0 Å². The first kappa shape index (κ1) is 14.1. The smallest absolute Gasteiger partial charge is 0.211 e. The molecule has 0 aromatic heterocycles. The van der Waals surface area contributed by atoms with Gasteiger partial charge in [0.25, 0.3) is 0 Å². The summed E-state index contributed by atoms with van der Waals surface area (Å²) < 4.78 is 24.3. The molecule has 1 aliphatic heterocycles. The highest BCUT2D eigenvalue weighted by Crippen LogP contribution is 2.25. The molecule has 1 saturated heterocycles. The van der Waals surface area contributed by atoms with E-state index in [1.54, 1.807) is 18.2 Å². The quantitative estimate of drug-likeness (QED) is 0.825. The standard InChI is InChI=1S/C12H14ClN3O2S/c1-19(17,18)16-6-4-15(5-7-16)12-8-11(13)3-2-10(12)9-14/h2-3,8H,4-7H2,1H3. The van der Waals surface area contributed by atoms with Gasteiger partial charge in [0.15, 0.2) is 0 Å². The molecule has 0 bridgehead atoms. The van der Waals surface area contributed by atoms with Crippen molar-refractivity contribution >= 4 is 27.3 Å². The van der Waals surface area contributed by atoms with Gasteiger partial charge in [0.1, 0.15) is 6.07 Å². The highest BCUT2D eigenvalue weighted by Gasteiger charge is 2.24. The van der Waals surface area contributed by atoms with Gasteiger partial charge in [-0.2, -0.15) is 9.57 Å². The van der Waals surface area contributed by atoms with Crippen LogP contribution in [0.3, 0.4) is 0 Å². The van der Waals surface area contributed by atoms with E-state index in [1.165, 1.54) is 10.6 Å². The third-order valence-electron chi connectivity index (χ3n) is 3.13. The maximum Gasteiger partial charge on any atom is 0.211 e. The molecular weight excluding hydrogens is 286 g/mol. The predicted molar refractivity (Wildman–Crippen MR) is 74.8 cm³/mol. The molecule has 102 valence electrons. The predicted octanol–water partition coefficient (Wildman–Crippen LogP) is 1.29. The first-order valence-electron chi connectivity index (χ1n) is 5.81. The number of halogens is 1. The Labute approximate surface area is 118 Å². The molecule has 0 unspecified atom stereocenters. The number of hydrogen-bond donors (Lipinski definition) is 0. The van der Waals surface area contributed by atoms with Crippen molar-refractivity contribution < 1.29 is 8.42 Å². The second-order valence-corrected chi connectivity index (χ2v) is 6.84. The molecule has 1 aliphatic rings. The van der Waals surface area contributed by atoms with Crippen LogP contribution in [0.4, 0.5) is 5.69 Å². The van der Waals surface area contributed by atoms with Crippen molar-refractivity contribution in [2.24, 2.45) is 0 Å². The zero-order valence-corrected chi connectivity index (χ0v) is 12.1. The minimum absolute atomic E-state index is 0.427. The molecule has 5 nitrogen and oxygen atoms in total. The van der Waals surface area contributed by atoms with E-state index in [4.69, 9.17) is 16.9 Å². The van der Waals surface area contributed by atoms with E-state index in [0.717, 1.165) is 5.69 Å². The van der Waals surface area contributed by atoms with E-state index in [2.05, 4.69) is 6.07 Å². The van der Waals surface area contributed by atoms with Crippen LogP contribution in [0.1, 0.15) is 5.56 Å². The van der Waals surface area contributed by atoms with Crippen LogP contribution >= 0.6 is 11.6 Å². The van der Waals surface area contributed by atoms with Crippen LogP contribution in [0.15, 0.2) is 18.2 Å². The fourth-order valence-electron chi connectivity index (χ4n) is 2.12. The molecule has 1 aromatic carbocycles. The molecule has 0 amide bonds. The van der Waals surface area contributed by atoms with Gasteiger partial charge in [0.2, 0.25) is 10.0 Å². The average Bonchev–Trinajstić information content (AvgIpc) is 2.38. The lowest BCUT2D eigenvalue weighted by atomic mass is 10.1. The van der Waals surface area contributed by atoms with Gasteiger partial charge in [0.05, 0.1) is 17.5 Å². The molecule has 1 heterocycles. The molecule has 7 heteroatoms. The van der Waals surface area contributed by atoms with Crippen LogP contribution in [-0.2, 0) is 10.0 Å². The number of benzene rings is 1. The Morgan fingerprint density at radius 2 is 1.89 bits per heavy atom. The number of sulfonamides is 1. The maximum absolute atomic E-state index is 11.4. The Kier molecular flexibility index (Phi) is 3.99. The van der Waals surface area contributed by atoms with E-state index in [1.807, 2.05) is 4.90 Å². The molecule has 1 aromatic rings. The summed E-state index contributed by atoms with van der Waals surface area (Å²) in [5.74, 6) is 0. The highest BCUT2D eigenvalue weighted by atomic mass is 35.5.